The molecule has 0 aromatic carbocycles. The SMILES string of the molecule is O=C(NCC[C@H](O)CO)C1CCCN1C(CO)C1CC1. The third-order valence-corrected chi connectivity index (χ3v) is 4.36. The van der Waals surface area contributed by atoms with Crippen LogP contribution in [-0.4, -0.2) is 70.6 Å². The molecule has 116 valence electrons. The van der Waals surface area contributed by atoms with Crippen molar-refractivity contribution in [3.63, 3.8) is 0 Å². The predicted molar refractivity (Wildman–Crippen MR) is 74.0 cm³/mol. The Hall–Kier alpha value is -0.690. The third-order valence-electron chi connectivity index (χ3n) is 4.36. The number of amides is 1. The summed E-state index contributed by atoms with van der Waals surface area (Å²) in [6.45, 7) is 1.09. The van der Waals surface area contributed by atoms with Gasteiger partial charge in [-0.2, -0.15) is 0 Å². The van der Waals surface area contributed by atoms with Crippen molar-refractivity contribution in [3.05, 3.63) is 0 Å². The minimum absolute atomic E-state index is 0.0215. The summed E-state index contributed by atoms with van der Waals surface area (Å²) in [5, 5.41) is 30.3. The van der Waals surface area contributed by atoms with Crippen molar-refractivity contribution in [1.29, 1.82) is 0 Å². The number of carbonyl (C=O) groups is 1. The lowest BCUT2D eigenvalue weighted by Crippen LogP contribution is -2.50. The highest BCUT2D eigenvalue weighted by atomic mass is 16.3. The van der Waals surface area contributed by atoms with E-state index in [2.05, 4.69) is 10.2 Å². The van der Waals surface area contributed by atoms with Crippen molar-refractivity contribution < 1.29 is 20.1 Å². The normalized spacial score (nSPS) is 26.4. The molecular formula is C14H26N2O4. The second-order valence-electron chi connectivity index (χ2n) is 5.90. The fraction of sp³-hybridized carbons (Fsp3) is 0.929. The summed E-state index contributed by atoms with van der Waals surface area (Å²) in [4.78, 5) is 14.4. The first-order chi connectivity index (χ1) is 9.67. The van der Waals surface area contributed by atoms with Crippen LogP contribution in [0.5, 0.6) is 0 Å². The Balaban J connectivity index is 1.81. The largest absolute Gasteiger partial charge is 0.395 e. The zero-order valence-electron chi connectivity index (χ0n) is 11.9. The van der Waals surface area contributed by atoms with Crippen LogP contribution in [0.3, 0.4) is 0 Å². The number of hydrogen-bond acceptors (Lipinski definition) is 5. The molecule has 0 aromatic heterocycles. The van der Waals surface area contributed by atoms with Crippen LogP contribution in [0.1, 0.15) is 32.1 Å². The molecule has 1 amide bonds. The molecule has 1 saturated carbocycles. The summed E-state index contributed by atoms with van der Waals surface area (Å²) in [6, 6.07) is -0.0321. The van der Waals surface area contributed by atoms with Gasteiger partial charge in [-0.25, -0.2) is 0 Å². The molecule has 1 heterocycles. The van der Waals surface area contributed by atoms with E-state index in [1.807, 2.05) is 0 Å². The topological polar surface area (TPSA) is 93.0 Å². The number of nitrogens with one attached hydrogen (secondary N) is 1. The Morgan fingerprint density at radius 2 is 2.00 bits per heavy atom. The summed E-state index contributed by atoms with van der Waals surface area (Å²) < 4.78 is 0. The van der Waals surface area contributed by atoms with Crippen molar-refractivity contribution in [2.45, 2.75) is 50.3 Å². The van der Waals surface area contributed by atoms with Gasteiger partial charge in [0.2, 0.25) is 5.91 Å². The lowest BCUT2D eigenvalue weighted by molar-refractivity contribution is -0.126. The molecule has 2 aliphatic rings. The lowest BCUT2D eigenvalue weighted by atomic mass is 10.1. The maximum Gasteiger partial charge on any atom is 0.237 e. The fourth-order valence-corrected chi connectivity index (χ4v) is 3.04. The molecule has 3 atom stereocenters. The molecule has 2 rings (SSSR count). The summed E-state index contributed by atoms with van der Waals surface area (Å²) in [5.74, 6) is 0.524. The molecule has 2 unspecified atom stereocenters. The van der Waals surface area contributed by atoms with Gasteiger partial charge in [0.1, 0.15) is 0 Å². The molecule has 1 aliphatic heterocycles. The van der Waals surface area contributed by atoms with Gasteiger partial charge in [-0.1, -0.05) is 0 Å². The molecule has 0 spiro atoms. The highest BCUT2D eigenvalue weighted by Gasteiger charge is 2.41. The molecule has 2 fully saturated rings. The molecule has 0 bridgehead atoms. The van der Waals surface area contributed by atoms with E-state index >= 15 is 0 Å². The van der Waals surface area contributed by atoms with Crippen molar-refractivity contribution in [1.82, 2.24) is 10.2 Å². The molecule has 20 heavy (non-hydrogen) atoms. The Bertz CT molecular complexity index is 322. The molecule has 6 heteroatoms. The molecule has 0 aromatic rings. The molecule has 1 saturated heterocycles. The van der Waals surface area contributed by atoms with Crippen LogP contribution in [-0.2, 0) is 4.79 Å². The van der Waals surface area contributed by atoms with Crippen molar-refractivity contribution in [3.8, 4) is 0 Å². The second-order valence-corrected chi connectivity index (χ2v) is 5.90. The Morgan fingerprint density at radius 1 is 1.25 bits per heavy atom. The summed E-state index contributed by atoms with van der Waals surface area (Å²) in [7, 11) is 0. The minimum Gasteiger partial charge on any atom is -0.395 e. The highest BCUT2D eigenvalue weighted by molar-refractivity contribution is 5.82. The van der Waals surface area contributed by atoms with Crippen LogP contribution in [0.2, 0.25) is 0 Å². The lowest BCUT2D eigenvalue weighted by Gasteiger charge is -2.31. The Labute approximate surface area is 119 Å². The van der Waals surface area contributed by atoms with Crippen LogP contribution < -0.4 is 5.32 Å². The van der Waals surface area contributed by atoms with Gasteiger partial charge >= 0.3 is 0 Å². The number of carbonyl (C=O) groups excluding carboxylic acids is 1. The van der Waals surface area contributed by atoms with E-state index in [9.17, 15) is 15.0 Å². The Kier molecular flexibility index (Phi) is 5.77. The number of aliphatic hydroxyl groups is 3. The van der Waals surface area contributed by atoms with E-state index in [1.165, 1.54) is 0 Å². The van der Waals surface area contributed by atoms with Gasteiger partial charge in [0.15, 0.2) is 0 Å². The van der Waals surface area contributed by atoms with Gasteiger partial charge < -0.3 is 20.6 Å². The quantitative estimate of drug-likeness (QED) is 0.463. The average Bonchev–Trinajstić information content (AvgIpc) is 3.16. The summed E-state index contributed by atoms with van der Waals surface area (Å²) in [5.41, 5.74) is 0. The van der Waals surface area contributed by atoms with E-state index in [0.29, 0.717) is 18.9 Å². The predicted octanol–water partition coefficient (Wildman–Crippen LogP) is -0.919. The molecule has 1 aliphatic carbocycles. The molecule has 0 radical (unpaired) electrons. The number of rotatable bonds is 8. The van der Waals surface area contributed by atoms with Gasteiger partial charge in [-0.05, 0) is 44.6 Å². The van der Waals surface area contributed by atoms with E-state index in [0.717, 1.165) is 32.2 Å². The first-order valence-corrected chi connectivity index (χ1v) is 7.60. The molecule has 6 nitrogen and oxygen atoms in total. The highest BCUT2D eigenvalue weighted by Crippen LogP contribution is 2.37. The molecular weight excluding hydrogens is 260 g/mol. The van der Waals surface area contributed by atoms with Crippen LogP contribution in [0.15, 0.2) is 0 Å². The van der Waals surface area contributed by atoms with Gasteiger partial charge in [-0.3, -0.25) is 9.69 Å². The third kappa shape index (κ3) is 3.91. The zero-order chi connectivity index (χ0) is 14.5. The van der Waals surface area contributed by atoms with Crippen LogP contribution >= 0.6 is 0 Å². The first-order valence-electron chi connectivity index (χ1n) is 7.60. The van der Waals surface area contributed by atoms with Gasteiger partial charge in [0, 0.05) is 12.6 Å². The average molecular weight is 286 g/mol. The second kappa shape index (κ2) is 7.36. The maximum atomic E-state index is 12.2. The van der Waals surface area contributed by atoms with Crippen molar-refractivity contribution in [2.24, 2.45) is 5.92 Å². The minimum atomic E-state index is -0.772. The maximum absolute atomic E-state index is 12.2. The van der Waals surface area contributed by atoms with Crippen LogP contribution in [0.25, 0.3) is 0 Å². The van der Waals surface area contributed by atoms with Crippen LogP contribution in [0.4, 0.5) is 0 Å². The van der Waals surface area contributed by atoms with E-state index in [1.54, 1.807) is 0 Å². The van der Waals surface area contributed by atoms with Gasteiger partial charge in [0.05, 0.1) is 25.4 Å². The van der Waals surface area contributed by atoms with Crippen molar-refractivity contribution >= 4 is 5.91 Å². The van der Waals surface area contributed by atoms with Gasteiger partial charge in [-0.15, -0.1) is 0 Å². The first kappa shape index (κ1) is 15.7. The number of nitrogens with zero attached hydrogens (tertiary/aromatic N) is 1. The molecule has 4 N–H and O–H groups in total. The van der Waals surface area contributed by atoms with Crippen molar-refractivity contribution in [2.75, 3.05) is 26.3 Å². The number of hydrogen-bond donors (Lipinski definition) is 4. The smallest absolute Gasteiger partial charge is 0.237 e. The van der Waals surface area contributed by atoms with E-state index in [4.69, 9.17) is 5.11 Å². The fourth-order valence-electron chi connectivity index (χ4n) is 3.04. The number of aliphatic hydroxyl groups excluding tert-OH is 3. The Morgan fingerprint density at radius 3 is 2.60 bits per heavy atom. The van der Waals surface area contributed by atoms with E-state index in [-0.39, 0.29) is 31.2 Å². The summed E-state index contributed by atoms with van der Waals surface area (Å²) in [6.07, 6.45) is 3.71. The summed E-state index contributed by atoms with van der Waals surface area (Å²) >= 11 is 0. The van der Waals surface area contributed by atoms with Gasteiger partial charge in [0.25, 0.3) is 0 Å². The standard InChI is InChI=1S/C14H26N2O4/c17-8-11(19)5-6-15-14(20)12-2-1-7-16(12)13(9-18)10-3-4-10/h10-13,17-19H,1-9H2,(H,15,20)/t11-,12?,13?/m0/s1. The van der Waals surface area contributed by atoms with E-state index < -0.39 is 6.10 Å². The number of likely N-dealkylation sites (tertiary alicyclic amines) is 1. The monoisotopic (exact) mass is 286 g/mol. The zero-order valence-corrected chi connectivity index (χ0v) is 11.9. The van der Waals surface area contributed by atoms with Crippen LogP contribution in [0, 0.1) is 5.92 Å².